The lowest BCUT2D eigenvalue weighted by Gasteiger charge is -2.11. The molecule has 0 radical (unpaired) electrons. The number of nitrogens with zero attached hydrogens (tertiary/aromatic N) is 1. The van der Waals surface area contributed by atoms with Crippen molar-refractivity contribution in [3.05, 3.63) is 28.5 Å². The number of hydrogen-bond acceptors (Lipinski definition) is 2. The predicted molar refractivity (Wildman–Crippen MR) is 61.3 cm³/mol. The van der Waals surface area contributed by atoms with Crippen LogP contribution in [-0.2, 0) is 0 Å². The zero-order valence-electron chi connectivity index (χ0n) is 7.75. The van der Waals surface area contributed by atoms with Crippen LogP contribution in [0.15, 0.2) is 22.8 Å². The van der Waals surface area contributed by atoms with E-state index in [-0.39, 0.29) is 12.4 Å². The number of pyridine rings is 1. The quantitative estimate of drug-likeness (QED) is 0.909. The summed E-state index contributed by atoms with van der Waals surface area (Å²) in [4.78, 5) is 4.27. The normalized spacial score (nSPS) is 11.9. The number of aromatic nitrogens is 1. The van der Waals surface area contributed by atoms with Crippen LogP contribution in [0.25, 0.3) is 0 Å². The summed E-state index contributed by atoms with van der Waals surface area (Å²) in [6, 6.07) is 4.29. The Balaban J connectivity index is 0.00000144. The van der Waals surface area contributed by atoms with E-state index in [1.165, 1.54) is 0 Å². The summed E-state index contributed by atoms with van der Waals surface area (Å²) in [6.07, 6.45) is 1.81. The number of halogens is 2. The first-order valence-electron chi connectivity index (χ1n) is 4.09. The van der Waals surface area contributed by atoms with E-state index in [2.05, 4.69) is 40.1 Å². The Morgan fingerprint density at radius 1 is 1.62 bits per heavy atom. The van der Waals surface area contributed by atoms with E-state index in [1.54, 1.807) is 0 Å². The molecule has 1 aromatic rings. The van der Waals surface area contributed by atoms with Crippen LogP contribution in [0.3, 0.4) is 0 Å². The molecule has 4 heteroatoms. The van der Waals surface area contributed by atoms with Gasteiger partial charge in [-0.3, -0.25) is 4.98 Å². The van der Waals surface area contributed by atoms with E-state index >= 15 is 0 Å². The third-order valence-electron chi connectivity index (χ3n) is 1.70. The summed E-state index contributed by atoms with van der Waals surface area (Å²) in [5, 5.41) is 3.31. The minimum absolute atomic E-state index is 0. The fourth-order valence-electron chi connectivity index (χ4n) is 1.07. The Morgan fingerprint density at radius 3 is 2.85 bits per heavy atom. The average Bonchev–Trinajstić information content (AvgIpc) is 2.05. The number of hydrogen-bond donors (Lipinski definition) is 1. The van der Waals surface area contributed by atoms with Gasteiger partial charge >= 0.3 is 0 Å². The van der Waals surface area contributed by atoms with Crippen LogP contribution in [0.1, 0.15) is 25.6 Å². The maximum atomic E-state index is 4.27. The van der Waals surface area contributed by atoms with Gasteiger partial charge in [0.1, 0.15) is 0 Å². The molecule has 0 amide bonds. The van der Waals surface area contributed by atoms with Gasteiger partial charge in [0.15, 0.2) is 0 Å². The minimum Gasteiger partial charge on any atom is -0.309 e. The Kier molecular flexibility index (Phi) is 6.29. The fraction of sp³-hybridized carbons (Fsp3) is 0.444. The highest BCUT2D eigenvalue weighted by Crippen LogP contribution is 2.14. The fourth-order valence-corrected chi connectivity index (χ4v) is 1.42. The summed E-state index contributed by atoms with van der Waals surface area (Å²) in [5.41, 5.74) is 1.08. The molecule has 0 fully saturated rings. The third-order valence-corrected chi connectivity index (χ3v) is 2.19. The van der Waals surface area contributed by atoms with Gasteiger partial charge in [-0.05, 0) is 25.6 Å². The first-order chi connectivity index (χ1) is 5.74. The highest BCUT2D eigenvalue weighted by molar-refractivity contribution is 9.10. The SMILES string of the molecule is CCN[C@H](C)c1cc(Br)ccn1.Cl. The lowest BCUT2D eigenvalue weighted by molar-refractivity contribution is 0.583. The number of nitrogens with one attached hydrogen (secondary N) is 1. The summed E-state index contributed by atoms with van der Waals surface area (Å²) < 4.78 is 1.08. The van der Waals surface area contributed by atoms with E-state index in [9.17, 15) is 0 Å². The van der Waals surface area contributed by atoms with Gasteiger partial charge in [-0.15, -0.1) is 12.4 Å². The van der Waals surface area contributed by atoms with E-state index in [0.717, 1.165) is 16.7 Å². The molecule has 0 spiro atoms. The van der Waals surface area contributed by atoms with Crippen molar-refractivity contribution < 1.29 is 0 Å². The second-order valence-corrected chi connectivity index (χ2v) is 3.59. The molecule has 1 aromatic heterocycles. The van der Waals surface area contributed by atoms with E-state index in [0.29, 0.717) is 6.04 Å². The Labute approximate surface area is 93.7 Å². The molecule has 0 aromatic carbocycles. The maximum Gasteiger partial charge on any atom is 0.0581 e. The zero-order chi connectivity index (χ0) is 8.97. The molecule has 74 valence electrons. The van der Waals surface area contributed by atoms with Gasteiger partial charge in [0, 0.05) is 16.7 Å². The van der Waals surface area contributed by atoms with Gasteiger partial charge in [0.05, 0.1) is 5.69 Å². The van der Waals surface area contributed by atoms with Crippen LogP contribution < -0.4 is 5.32 Å². The van der Waals surface area contributed by atoms with Gasteiger partial charge in [-0.2, -0.15) is 0 Å². The monoisotopic (exact) mass is 264 g/mol. The molecule has 0 aliphatic carbocycles. The van der Waals surface area contributed by atoms with Crippen LogP contribution in [-0.4, -0.2) is 11.5 Å². The molecule has 13 heavy (non-hydrogen) atoms. The van der Waals surface area contributed by atoms with Crippen molar-refractivity contribution >= 4 is 28.3 Å². The topological polar surface area (TPSA) is 24.9 Å². The van der Waals surface area contributed by atoms with Crippen molar-refractivity contribution in [2.75, 3.05) is 6.54 Å². The summed E-state index contributed by atoms with van der Waals surface area (Å²) in [6.45, 7) is 5.17. The third kappa shape index (κ3) is 4.07. The molecule has 0 unspecified atom stereocenters. The van der Waals surface area contributed by atoms with Gasteiger partial charge in [0.2, 0.25) is 0 Å². The Bertz CT molecular complexity index is 255. The standard InChI is InChI=1S/C9H13BrN2.ClH/c1-3-11-7(2)9-6-8(10)4-5-12-9;/h4-7,11H,3H2,1-2H3;1H/t7-;/m1./s1. The van der Waals surface area contributed by atoms with Crippen molar-refractivity contribution in [1.82, 2.24) is 10.3 Å². The minimum atomic E-state index is 0. The lowest BCUT2D eigenvalue weighted by atomic mass is 10.2. The lowest BCUT2D eigenvalue weighted by Crippen LogP contribution is -2.18. The van der Waals surface area contributed by atoms with Crippen molar-refractivity contribution in [2.24, 2.45) is 0 Å². The van der Waals surface area contributed by atoms with Crippen molar-refractivity contribution in [1.29, 1.82) is 0 Å². The van der Waals surface area contributed by atoms with Crippen LogP contribution in [0.5, 0.6) is 0 Å². The van der Waals surface area contributed by atoms with Crippen LogP contribution in [0, 0.1) is 0 Å². The Hall–Kier alpha value is -0.120. The number of rotatable bonds is 3. The average molecular weight is 266 g/mol. The first-order valence-corrected chi connectivity index (χ1v) is 4.88. The largest absolute Gasteiger partial charge is 0.309 e. The summed E-state index contributed by atoms with van der Waals surface area (Å²) in [7, 11) is 0. The molecule has 0 aliphatic rings. The molecule has 0 aliphatic heterocycles. The first kappa shape index (κ1) is 12.9. The van der Waals surface area contributed by atoms with Gasteiger partial charge in [-0.25, -0.2) is 0 Å². The zero-order valence-corrected chi connectivity index (χ0v) is 10.2. The van der Waals surface area contributed by atoms with E-state index in [4.69, 9.17) is 0 Å². The molecule has 0 bridgehead atoms. The van der Waals surface area contributed by atoms with Crippen LogP contribution in [0.4, 0.5) is 0 Å². The second kappa shape index (κ2) is 6.35. The molecule has 1 atom stereocenters. The van der Waals surface area contributed by atoms with E-state index < -0.39 is 0 Å². The highest BCUT2D eigenvalue weighted by atomic mass is 79.9. The molecule has 2 nitrogen and oxygen atoms in total. The molecule has 1 N–H and O–H groups in total. The van der Waals surface area contributed by atoms with Crippen LogP contribution >= 0.6 is 28.3 Å². The smallest absolute Gasteiger partial charge is 0.0581 e. The predicted octanol–water partition coefficient (Wildman–Crippen LogP) is 2.94. The van der Waals surface area contributed by atoms with Crippen molar-refractivity contribution in [2.45, 2.75) is 19.9 Å². The van der Waals surface area contributed by atoms with Crippen LogP contribution in [0.2, 0.25) is 0 Å². The van der Waals surface area contributed by atoms with E-state index in [1.807, 2.05) is 18.3 Å². The van der Waals surface area contributed by atoms with Crippen molar-refractivity contribution in [3.63, 3.8) is 0 Å². The Morgan fingerprint density at radius 2 is 2.31 bits per heavy atom. The highest BCUT2D eigenvalue weighted by Gasteiger charge is 2.03. The van der Waals surface area contributed by atoms with Gasteiger partial charge in [-0.1, -0.05) is 22.9 Å². The molecular formula is C9H14BrClN2. The second-order valence-electron chi connectivity index (χ2n) is 2.68. The molecule has 1 rings (SSSR count). The molecule has 0 saturated heterocycles. The molecular weight excluding hydrogens is 251 g/mol. The van der Waals surface area contributed by atoms with Gasteiger partial charge in [0.25, 0.3) is 0 Å². The van der Waals surface area contributed by atoms with Crippen molar-refractivity contribution in [3.8, 4) is 0 Å². The molecule has 1 heterocycles. The maximum absolute atomic E-state index is 4.27. The molecule has 0 saturated carbocycles. The summed E-state index contributed by atoms with van der Waals surface area (Å²) >= 11 is 3.41. The van der Waals surface area contributed by atoms with Gasteiger partial charge < -0.3 is 5.32 Å². The summed E-state index contributed by atoms with van der Waals surface area (Å²) in [5.74, 6) is 0.